The van der Waals surface area contributed by atoms with Gasteiger partial charge in [-0.1, -0.05) is 36.0 Å². The number of halogens is 3. The second-order valence-corrected chi connectivity index (χ2v) is 7.17. The van der Waals surface area contributed by atoms with Gasteiger partial charge in [0.2, 0.25) is 0 Å². The van der Waals surface area contributed by atoms with Crippen molar-refractivity contribution in [2.24, 2.45) is 0 Å². The molecule has 3 aromatic rings. The van der Waals surface area contributed by atoms with Gasteiger partial charge in [-0.3, -0.25) is 4.79 Å². The Hall–Kier alpha value is -2.67. The Morgan fingerprint density at radius 2 is 1.81 bits per heavy atom. The number of benzene rings is 2. The predicted octanol–water partition coefficient (Wildman–Crippen LogP) is 5.79. The van der Waals surface area contributed by atoms with E-state index in [2.05, 4.69) is 4.98 Å². The topological polar surface area (TPSA) is 53.1 Å². The van der Waals surface area contributed by atoms with Crippen LogP contribution >= 0.6 is 11.8 Å². The monoisotopic (exact) mass is 391 g/mol. The molecule has 0 bridgehead atoms. The molecule has 1 aromatic heterocycles. The van der Waals surface area contributed by atoms with Gasteiger partial charge in [0, 0.05) is 10.6 Å². The van der Waals surface area contributed by atoms with Crippen LogP contribution in [0.25, 0.3) is 11.3 Å². The molecule has 0 amide bonds. The number of carboxylic acid groups (broad SMARTS) is 1. The maximum atomic E-state index is 12.7. The van der Waals surface area contributed by atoms with E-state index in [1.807, 2.05) is 25.1 Å². The average molecular weight is 391 g/mol. The van der Waals surface area contributed by atoms with E-state index in [0.717, 1.165) is 33.3 Å². The summed E-state index contributed by atoms with van der Waals surface area (Å²) < 4.78 is 38.1. The number of aliphatic carboxylic acids is 1. The van der Waals surface area contributed by atoms with E-state index in [1.54, 1.807) is 12.1 Å². The molecule has 0 aliphatic heterocycles. The highest BCUT2D eigenvalue weighted by Crippen LogP contribution is 2.35. The van der Waals surface area contributed by atoms with Crippen LogP contribution in [-0.4, -0.2) is 16.1 Å². The molecule has 0 saturated carbocycles. The molecule has 27 heavy (non-hydrogen) atoms. The molecule has 0 aliphatic rings. The quantitative estimate of drug-likeness (QED) is 0.579. The molecular formula is C20H16F3NO2S. The van der Waals surface area contributed by atoms with Crippen molar-refractivity contribution in [2.75, 3.05) is 0 Å². The molecule has 140 valence electrons. The average Bonchev–Trinajstić information content (AvgIpc) is 2.95. The van der Waals surface area contributed by atoms with Gasteiger partial charge in [-0.2, -0.15) is 13.2 Å². The maximum Gasteiger partial charge on any atom is 0.416 e. The number of hydrogen-bond donors (Lipinski definition) is 2. The number of aryl methyl sites for hydroxylation is 1. The van der Waals surface area contributed by atoms with Crippen molar-refractivity contribution in [3.63, 3.8) is 0 Å². The van der Waals surface area contributed by atoms with Gasteiger partial charge >= 0.3 is 12.1 Å². The van der Waals surface area contributed by atoms with E-state index in [-0.39, 0.29) is 6.42 Å². The fourth-order valence-electron chi connectivity index (χ4n) is 2.65. The summed E-state index contributed by atoms with van der Waals surface area (Å²) in [5, 5.41) is 9.77. The first kappa shape index (κ1) is 19.1. The number of hydrogen-bond acceptors (Lipinski definition) is 2. The van der Waals surface area contributed by atoms with Crippen molar-refractivity contribution in [1.29, 1.82) is 0 Å². The molecule has 0 saturated heterocycles. The highest BCUT2D eigenvalue weighted by atomic mass is 32.2. The van der Waals surface area contributed by atoms with E-state index in [0.29, 0.717) is 11.1 Å². The SMILES string of the molecule is Cc1cc(-c2ccc(C(F)(F)F)cc2)[nH]c1Sc1cccc(CC(=O)O)c1. The van der Waals surface area contributed by atoms with Crippen LogP contribution in [0.1, 0.15) is 16.7 Å². The lowest BCUT2D eigenvalue weighted by atomic mass is 10.1. The molecule has 0 spiro atoms. The van der Waals surface area contributed by atoms with Crippen molar-refractivity contribution >= 4 is 17.7 Å². The van der Waals surface area contributed by atoms with E-state index in [1.165, 1.54) is 23.9 Å². The van der Waals surface area contributed by atoms with Gasteiger partial charge in [-0.05, 0) is 53.9 Å². The van der Waals surface area contributed by atoms with Crippen molar-refractivity contribution < 1.29 is 23.1 Å². The summed E-state index contributed by atoms with van der Waals surface area (Å²) in [4.78, 5) is 15.0. The summed E-state index contributed by atoms with van der Waals surface area (Å²) in [5.41, 5.74) is 2.38. The maximum absolute atomic E-state index is 12.7. The molecule has 0 aliphatic carbocycles. The Morgan fingerprint density at radius 3 is 2.44 bits per heavy atom. The Balaban J connectivity index is 1.82. The summed E-state index contributed by atoms with van der Waals surface area (Å²) in [6.07, 6.45) is -4.40. The predicted molar refractivity (Wildman–Crippen MR) is 97.9 cm³/mol. The second kappa shape index (κ2) is 7.52. The zero-order chi connectivity index (χ0) is 19.6. The summed E-state index contributed by atoms with van der Waals surface area (Å²) in [6.45, 7) is 1.91. The molecule has 1 heterocycles. The number of aromatic nitrogens is 1. The number of alkyl halides is 3. The van der Waals surface area contributed by atoms with Gasteiger partial charge in [0.1, 0.15) is 0 Å². The summed E-state index contributed by atoms with van der Waals surface area (Å²) in [6, 6.07) is 14.1. The Kier molecular flexibility index (Phi) is 5.32. The molecule has 0 atom stereocenters. The van der Waals surface area contributed by atoms with Crippen LogP contribution in [0.2, 0.25) is 0 Å². The normalized spacial score (nSPS) is 11.6. The smallest absolute Gasteiger partial charge is 0.416 e. The number of rotatable bonds is 5. The minimum atomic E-state index is -4.35. The van der Waals surface area contributed by atoms with Crippen LogP contribution in [0.15, 0.2) is 64.5 Å². The zero-order valence-electron chi connectivity index (χ0n) is 14.3. The van der Waals surface area contributed by atoms with Crippen LogP contribution in [0.5, 0.6) is 0 Å². The standard InChI is InChI=1S/C20H16F3NO2S/c1-12-9-17(14-5-7-15(8-6-14)20(21,22)23)24-19(12)27-16-4-2-3-13(10-16)11-18(25)26/h2-10,24H,11H2,1H3,(H,25,26). The molecule has 2 N–H and O–H groups in total. The van der Waals surface area contributed by atoms with Crippen LogP contribution in [0.3, 0.4) is 0 Å². The second-order valence-electron chi connectivity index (χ2n) is 6.09. The van der Waals surface area contributed by atoms with Gasteiger partial charge in [-0.25, -0.2) is 0 Å². The molecule has 0 unspecified atom stereocenters. The highest BCUT2D eigenvalue weighted by molar-refractivity contribution is 7.99. The Morgan fingerprint density at radius 1 is 1.11 bits per heavy atom. The minimum Gasteiger partial charge on any atom is -0.481 e. The Bertz CT molecular complexity index is 962. The van der Waals surface area contributed by atoms with E-state index in [4.69, 9.17) is 5.11 Å². The van der Waals surface area contributed by atoms with E-state index < -0.39 is 17.7 Å². The molecule has 0 fully saturated rings. The molecule has 3 nitrogen and oxygen atoms in total. The molecule has 0 radical (unpaired) electrons. The third-order valence-corrected chi connectivity index (χ3v) is 5.08. The van der Waals surface area contributed by atoms with Gasteiger partial charge < -0.3 is 10.1 Å². The van der Waals surface area contributed by atoms with Crippen molar-refractivity contribution in [2.45, 2.75) is 29.4 Å². The first-order valence-corrected chi connectivity index (χ1v) is 8.90. The Labute approximate surface area is 158 Å². The van der Waals surface area contributed by atoms with E-state index >= 15 is 0 Å². The highest BCUT2D eigenvalue weighted by Gasteiger charge is 2.30. The largest absolute Gasteiger partial charge is 0.481 e. The van der Waals surface area contributed by atoms with Gasteiger partial charge in [-0.15, -0.1) is 0 Å². The fraction of sp³-hybridized carbons (Fsp3) is 0.150. The summed E-state index contributed by atoms with van der Waals surface area (Å²) >= 11 is 1.45. The van der Waals surface area contributed by atoms with Crippen molar-refractivity contribution in [1.82, 2.24) is 4.98 Å². The number of carbonyl (C=O) groups is 1. The number of aromatic amines is 1. The van der Waals surface area contributed by atoms with Crippen LogP contribution in [0, 0.1) is 6.92 Å². The number of nitrogens with one attached hydrogen (secondary N) is 1. The van der Waals surface area contributed by atoms with Gasteiger partial charge in [0.05, 0.1) is 17.0 Å². The third kappa shape index (κ3) is 4.74. The molecular weight excluding hydrogens is 375 g/mol. The van der Waals surface area contributed by atoms with Crippen LogP contribution < -0.4 is 0 Å². The lowest BCUT2D eigenvalue weighted by Crippen LogP contribution is -2.03. The van der Waals surface area contributed by atoms with Crippen molar-refractivity contribution in [3.8, 4) is 11.3 Å². The first-order chi connectivity index (χ1) is 12.7. The molecule has 3 rings (SSSR count). The van der Waals surface area contributed by atoms with E-state index in [9.17, 15) is 18.0 Å². The van der Waals surface area contributed by atoms with Crippen LogP contribution in [0.4, 0.5) is 13.2 Å². The number of carboxylic acids is 1. The van der Waals surface area contributed by atoms with Crippen LogP contribution in [-0.2, 0) is 17.4 Å². The molecule has 7 heteroatoms. The van der Waals surface area contributed by atoms with Gasteiger partial charge in [0.25, 0.3) is 0 Å². The lowest BCUT2D eigenvalue weighted by Gasteiger charge is -2.07. The zero-order valence-corrected chi connectivity index (χ0v) is 15.1. The minimum absolute atomic E-state index is 0.0467. The summed E-state index contributed by atoms with van der Waals surface area (Å²) in [7, 11) is 0. The molecule has 2 aromatic carbocycles. The third-order valence-electron chi connectivity index (χ3n) is 3.96. The van der Waals surface area contributed by atoms with Gasteiger partial charge in [0.15, 0.2) is 0 Å². The fourth-order valence-corrected chi connectivity index (χ4v) is 3.62. The lowest BCUT2D eigenvalue weighted by molar-refractivity contribution is -0.138. The van der Waals surface area contributed by atoms with Crippen molar-refractivity contribution in [3.05, 3.63) is 71.3 Å². The number of H-pyrrole nitrogens is 1. The first-order valence-electron chi connectivity index (χ1n) is 8.08. The summed E-state index contributed by atoms with van der Waals surface area (Å²) in [5.74, 6) is -0.891.